The third kappa shape index (κ3) is 6.04. The summed E-state index contributed by atoms with van der Waals surface area (Å²) < 4.78 is 13.1. The Kier molecular flexibility index (Phi) is 7.77. The first-order valence-corrected chi connectivity index (χ1v) is 10.6. The zero-order chi connectivity index (χ0) is 23.1. The molecule has 0 unspecified atom stereocenters. The van der Waals surface area contributed by atoms with Gasteiger partial charge in [-0.15, -0.1) is 0 Å². The Balaban J connectivity index is 1.65. The molecule has 8 nitrogen and oxygen atoms in total. The van der Waals surface area contributed by atoms with Crippen LogP contribution in [0.4, 0.5) is 15.8 Å². The van der Waals surface area contributed by atoms with Gasteiger partial charge in [-0.3, -0.25) is 14.5 Å². The quantitative estimate of drug-likeness (QED) is 0.580. The van der Waals surface area contributed by atoms with Crippen molar-refractivity contribution in [2.45, 2.75) is 13.3 Å². The van der Waals surface area contributed by atoms with E-state index in [9.17, 15) is 23.9 Å². The number of piperazine rings is 1. The molecule has 3 rings (SSSR count). The number of halogens is 1. The highest BCUT2D eigenvalue weighted by Gasteiger charge is 2.21. The van der Waals surface area contributed by atoms with E-state index in [1.54, 1.807) is 12.1 Å². The van der Waals surface area contributed by atoms with Crippen molar-refractivity contribution in [3.8, 4) is 0 Å². The molecular weight excluding hydrogens is 415 g/mol. The lowest BCUT2D eigenvalue weighted by molar-refractivity contribution is -0.122. The molecule has 170 valence electrons. The number of nitrogens with zero attached hydrogens (tertiary/aromatic N) is 2. The van der Waals surface area contributed by atoms with E-state index in [0.717, 1.165) is 12.1 Å². The number of carbonyl (C=O) groups is 3. The van der Waals surface area contributed by atoms with Crippen LogP contribution in [0.2, 0.25) is 0 Å². The van der Waals surface area contributed by atoms with Gasteiger partial charge in [-0.2, -0.15) is 0 Å². The second-order valence-electron chi connectivity index (χ2n) is 7.61. The van der Waals surface area contributed by atoms with E-state index >= 15 is 0 Å². The topological polar surface area (TPSA) is 102 Å². The fraction of sp³-hybridized carbons (Fsp3) is 0.348. The second kappa shape index (κ2) is 10.7. The maximum Gasteiger partial charge on any atom is 0.337 e. The number of aromatic carboxylic acids is 1. The van der Waals surface area contributed by atoms with Gasteiger partial charge in [0.25, 0.3) is 5.91 Å². The second-order valence-corrected chi connectivity index (χ2v) is 7.61. The number of anilines is 2. The lowest BCUT2D eigenvalue weighted by Gasteiger charge is -2.36. The summed E-state index contributed by atoms with van der Waals surface area (Å²) in [6.07, 6.45) is 0.895. The van der Waals surface area contributed by atoms with E-state index < -0.39 is 17.7 Å². The minimum atomic E-state index is -1.16. The number of nitrogens with one attached hydrogen (secondary N) is 2. The number of hydrogen-bond donors (Lipinski definition) is 3. The highest BCUT2D eigenvalue weighted by Crippen LogP contribution is 2.25. The number of benzene rings is 2. The van der Waals surface area contributed by atoms with Crippen LogP contribution in [0.3, 0.4) is 0 Å². The summed E-state index contributed by atoms with van der Waals surface area (Å²) in [5, 5.41) is 15.1. The van der Waals surface area contributed by atoms with Gasteiger partial charge < -0.3 is 20.6 Å². The maximum absolute atomic E-state index is 13.1. The highest BCUT2D eigenvalue weighted by molar-refractivity contribution is 6.08. The molecular formula is C23H27FN4O4. The van der Waals surface area contributed by atoms with Crippen LogP contribution < -0.4 is 15.5 Å². The molecule has 0 radical (unpaired) electrons. The molecule has 0 saturated carbocycles. The zero-order valence-corrected chi connectivity index (χ0v) is 17.9. The Bertz CT molecular complexity index is 972. The van der Waals surface area contributed by atoms with Gasteiger partial charge in [0.1, 0.15) is 5.82 Å². The summed E-state index contributed by atoms with van der Waals surface area (Å²) in [5.74, 6) is -2.13. The normalized spacial score (nSPS) is 14.1. The molecule has 1 aliphatic heterocycles. The molecule has 0 spiro atoms. The van der Waals surface area contributed by atoms with Gasteiger partial charge in [-0.05, 0) is 48.9 Å². The van der Waals surface area contributed by atoms with E-state index in [2.05, 4.69) is 20.4 Å². The van der Waals surface area contributed by atoms with Gasteiger partial charge in [0.2, 0.25) is 5.91 Å². The minimum absolute atomic E-state index is 0.00899. The molecule has 0 bridgehead atoms. The lowest BCUT2D eigenvalue weighted by Crippen LogP contribution is -2.49. The zero-order valence-electron chi connectivity index (χ0n) is 17.9. The third-order valence-corrected chi connectivity index (χ3v) is 5.26. The Morgan fingerprint density at radius 2 is 1.72 bits per heavy atom. The molecule has 1 fully saturated rings. The number of rotatable bonds is 8. The standard InChI is InChI=1S/C23H27FN4O4/c1-2-9-25-21(29)15-27-10-12-28(13-11-27)18-7-8-20(19(14-18)23(31)32)26-22(30)16-3-5-17(24)6-4-16/h3-8,14H,2,9-13,15H2,1H3,(H,25,29)(H,26,30)(H,31,32). The van der Waals surface area contributed by atoms with Crippen molar-refractivity contribution in [3.05, 3.63) is 59.4 Å². The van der Waals surface area contributed by atoms with Crippen molar-refractivity contribution in [2.75, 3.05) is 49.5 Å². The largest absolute Gasteiger partial charge is 0.478 e. The van der Waals surface area contributed by atoms with Gasteiger partial charge in [-0.1, -0.05) is 6.92 Å². The van der Waals surface area contributed by atoms with E-state index in [1.807, 2.05) is 6.92 Å². The maximum atomic E-state index is 13.1. The Morgan fingerprint density at radius 3 is 2.34 bits per heavy atom. The van der Waals surface area contributed by atoms with Crippen LogP contribution in [-0.2, 0) is 4.79 Å². The van der Waals surface area contributed by atoms with Crippen molar-refractivity contribution < 1.29 is 23.9 Å². The SMILES string of the molecule is CCCNC(=O)CN1CCN(c2ccc(NC(=O)c3ccc(F)cc3)c(C(=O)O)c2)CC1. The molecule has 0 aliphatic carbocycles. The van der Waals surface area contributed by atoms with Gasteiger partial charge >= 0.3 is 5.97 Å². The minimum Gasteiger partial charge on any atom is -0.478 e. The smallest absolute Gasteiger partial charge is 0.337 e. The van der Waals surface area contributed by atoms with Gasteiger partial charge in [0.05, 0.1) is 17.8 Å². The average Bonchev–Trinajstić information content (AvgIpc) is 2.78. The fourth-order valence-corrected chi connectivity index (χ4v) is 3.50. The van der Waals surface area contributed by atoms with Crippen LogP contribution in [0.25, 0.3) is 0 Å². The summed E-state index contributed by atoms with van der Waals surface area (Å²) in [7, 11) is 0. The van der Waals surface area contributed by atoms with Crippen molar-refractivity contribution in [2.24, 2.45) is 0 Å². The Labute approximate surface area is 186 Å². The summed E-state index contributed by atoms with van der Waals surface area (Å²) >= 11 is 0. The van der Waals surface area contributed by atoms with E-state index in [-0.39, 0.29) is 22.7 Å². The van der Waals surface area contributed by atoms with Crippen LogP contribution in [0.1, 0.15) is 34.1 Å². The molecule has 1 aliphatic rings. The van der Waals surface area contributed by atoms with E-state index in [1.165, 1.54) is 30.3 Å². The molecule has 32 heavy (non-hydrogen) atoms. The Hall–Kier alpha value is -3.46. The van der Waals surface area contributed by atoms with Gasteiger partial charge in [0.15, 0.2) is 0 Å². The van der Waals surface area contributed by atoms with Crippen LogP contribution in [-0.4, -0.2) is 67.1 Å². The number of hydrogen-bond acceptors (Lipinski definition) is 5. The van der Waals surface area contributed by atoms with Crippen LogP contribution >= 0.6 is 0 Å². The molecule has 1 heterocycles. The summed E-state index contributed by atoms with van der Waals surface area (Å²) in [5.41, 5.74) is 1.10. The monoisotopic (exact) mass is 442 g/mol. The third-order valence-electron chi connectivity index (χ3n) is 5.26. The van der Waals surface area contributed by atoms with Crippen molar-refractivity contribution in [3.63, 3.8) is 0 Å². The first-order chi connectivity index (χ1) is 15.4. The first-order valence-electron chi connectivity index (χ1n) is 10.6. The van der Waals surface area contributed by atoms with Gasteiger partial charge in [0, 0.05) is 44.0 Å². The van der Waals surface area contributed by atoms with Crippen LogP contribution in [0.5, 0.6) is 0 Å². The van der Waals surface area contributed by atoms with Crippen molar-refractivity contribution in [1.82, 2.24) is 10.2 Å². The number of carbonyl (C=O) groups excluding carboxylic acids is 2. The van der Waals surface area contributed by atoms with E-state index in [4.69, 9.17) is 0 Å². The summed E-state index contributed by atoms with van der Waals surface area (Å²) in [4.78, 5) is 40.2. The Morgan fingerprint density at radius 1 is 1.03 bits per heavy atom. The number of carboxylic acids is 1. The summed E-state index contributed by atoms with van der Waals surface area (Å²) in [6, 6.07) is 9.86. The molecule has 3 N–H and O–H groups in total. The highest BCUT2D eigenvalue weighted by atomic mass is 19.1. The van der Waals surface area contributed by atoms with E-state index in [0.29, 0.717) is 39.3 Å². The molecule has 0 aromatic heterocycles. The molecule has 2 aromatic carbocycles. The predicted molar refractivity (Wildman–Crippen MR) is 120 cm³/mol. The lowest BCUT2D eigenvalue weighted by atomic mass is 10.1. The molecule has 2 aromatic rings. The number of carboxylic acid groups (broad SMARTS) is 1. The number of amides is 2. The molecule has 1 saturated heterocycles. The molecule has 0 atom stereocenters. The summed E-state index contributed by atoms with van der Waals surface area (Å²) in [6.45, 7) is 5.70. The van der Waals surface area contributed by atoms with Crippen LogP contribution in [0.15, 0.2) is 42.5 Å². The molecule has 9 heteroatoms. The average molecular weight is 442 g/mol. The van der Waals surface area contributed by atoms with Gasteiger partial charge in [-0.25, -0.2) is 9.18 Å². The van der Waals surface area contributed by atoms with Crippen molar-refractivity contribution in [1.29, 1.82) is 0 Å². The van der Waals surface area contributed by atoms with Crippen molar-refractivity contribution >= 4 is 29.2 Å². The molecule has 2 amide bonds. The first kappa shape index (κ1) is 23.2. The van der Waals surface area contributed by atoms with Crippen LogP contribution in [0, 0.1) is 5.82 Å². The predicted octanol–water partition coefficient (Wildman–Crippen LogP) is 2.42. The fourth-order valence-electron chi connectivity index (χ4n) is 3.50.